The molecule has 1 amide bonds. The number of hydrogen-bond donors (Lipinski definition) is 1. The summed E-state index contributed by atoms with van der Waals surface area (Å²) in [6.07, 6.45) is 4.46. The molecule has 0 spiro atoms. The SMILES string of the molecule is O=C(c1cccc(-c2cccnc2)c1)N1CCc2c([nH]c3ccccc23)C1. The van der Waals surface area contributed by atoms with Gasteiger partial charge in [-0.15, -0.1) is 0 Å². The first-order chi connectivity index (χ1) is 13.3. The van der Waals surface area contributed by atoms with Crippen molar-refractivity contribution in [1.82, 2.24) is 14.9 Å². The van der Waals surface area contributed by atoms with Gasteiger partial charge in [-0.3, -0.25) is 9.78 Å². The Balaban J connectivity index is 1.43. The molecule has 2 aromatic heterocycles. The number of aromatic amines is 1. The van der Waals surface area contributed by atoms with Gasteiger partial charge in [-0.2, -0.15) is 0 Å². The topological polar surface area (TPSA) is 49.0 Å². The first-order valence-corrected chi connectivity index (χ1v) is 9.18. The molecule has 3 heterocycles. The molecule has 0 radical (unpaired) electrons. The van der Waals surface area contributed by atoms with Gasteiger partial charge in [0, 0.05) is 46.7 Å². The number of rotatable bonds is 2. The molecule has 0 unspecified atom stereocenters. The Kier molecular flexibility index (Phi) is 3.75. The van der Waals surface area contributed by atoms with E-state index in [0.29, 0.717) is 6.54 Å². The lowest BCUT2D eigenvalue weighted by atomic mass is 10.0. The molecular formula is C23H19N3O. The van der Waals surface area contributed by atoms with Crippen molar-refractivity contribution in [3.05, 3.63) is 89.9 Å². The molecule has 1 N–H and O–H groups in total. The molecule has 1 aliphatic rings. The molecule has 132 valence electrons. The second-order valence-electron chi connectivity index (χ2n) is 6.93. The molecule has 0 atom stereocenters. The van der Waals surface area contributed by atoms with Crippen molar-refractivity contribution in [2.45, 2.75) is 13.0 Å². The summed E-state index contributed by atoms with van der Waals surface area (Å²) in [6, 6.07) is 20.1. The second-order valence-corrected chi connectivity index (χ2v) is 6.93. The monoisotopic (exact) mass is 353 g/mol. The van der Waals surface area contributed by atoms with E-state index < -0.39 is 0 Å². The van der Waals surface area contributed by atoms with Crippen LogP contribution in [0.15, 0.2) is 73.1 Å². The van der Waals surface area contributed by atoms with Crippen LogP contribution in [0.2, 0.25) is 0 Å². The Hall–Kier alpha value is -3.40. The van der Waals surface area contributed by atoms with E-state index in [1.54, 1.807) is 6.20 Å². The zero-order valence-corrected chi connectivity index (χ0v) is 14.9. The van der Waals surface area contributed by atoms with Crippen molar-refractivity contribution in [2.24, 2.45) is 0 Å². The van der Waals surface area contributed by atoms with Crippen molar-refractivity contribution < 1.29 is 4.79 Å². The van der Waals surface area contributed by atoms with E-state index in [1.807, 2.05) is 53.6 Å². The van der Waals surface area contributed by atoms with Gasteiger partial charge in [-0.25, -0.2) is 0 Å². The molecule has 0 fully saturated rings. The minimum Gasteiger partial charge on any atom is -0.357 e. The van der Waals surface area contributed by atoms with Gasteiger partial charge >= 0.3 is 0 Å². The quantitative estimate of drug-likeness (QED) is 0.580. The minimum absolute atomic E-state index is 0.0741. The number of para-hydroxylation sites is 1. The van der Waals surface area contributed by atoms with Crippen LogP contribution in [0.4, 0.5) is 0 Å². The van der Waals surface area contributed by atoms with Gasteiger partial charge < -0.3 is 9.88 Å². The number of carbonyl (C=O) groups excluding carboxylic acids is 1. The number of H-pyrrole nitrogens is 1. The van der Waals surface area contributed by atoms with Crippen molar-refractivity contribution in [1.29, 1.82) is 0 Å². The van der Waals surface area contributed by atoms with Crippen LogP contribution >= 0.6 is 0 Å². The predicted molar refractivity (Wildman–Crippen MR) is 106 cm³/mol. The highest BCUT2D eigenvalue weighted by atomic mass is 16.2. The zero-order chi connectivity index (χ0) is 18.2. The minimum atomic E-state index is 0.0741. The van der Waals surface area contributed by atoms with Gasteiger partial charge in [0.25, 0.3) is 5.91 Å². The number of carbonyl (C=O) groups is 1. The fourth-order valence-electron chi connectivity index (χ4n) is 3.91. The lowest BCUT2D eigenvalue weighted by Crippen LogP contribution is -2.35. The number of aromatic nitrogens is 2. The van der Waals surface area contributed by atoms with Crippen LogP contribution < -0.4 is 0 Å². The summed E-state index contributed by atoms with van der Waals surface area (Å²) >= 11 is 0. The van der Waals surface area contributed by atoms with Crippen LogP contribution in [0.1, 0.15) is 21.6 Å². The molecular weight excluding hydrogens is 334 g/mol. The largest absolute Gasteiger partial charge is 0.357 e. The number of hydrogen-bond acceptors (Lipinski definition) is 2. The summed E-state index contributed by atoms with van der Waals surface area (Å²) in [4.78, 5) is 22.7. The number of nitrogens with one attached hydrogen (secondary N) is 1. The standard InChI is InChI=1S/C23H19N3O/c27-23(17-6-3-5-16(13-17)18-7-4-11-24-14-18)26-12-10-20-19-8-1-2-9-21(19)25-22(20)15-26/h1-9,11,13-14,25H,10,12,15H2. The fraction of sp³-hybridized carbons (Fsp3) is 0.130. The van der Waals surface area contributed by atoms with Crippen molar-refractivity contribution in [3.8, 4) is 11.1 Å². The highest BCUT2D eigenvalue weighted by molar-refractivity contribution is 5.96. The highest BCUT2D eigenvalue weighted by Gasteiger charge is 2.24. The lowest BCUT2D eigenvalue weighted by Gasteiger charge is -2.27. The van der Waals surface area contributed by atoms with Crippen LogP contribution in [0, 0.1) is 0 Å². The van der Waals surface area contributed by atoms with Gasteiger partial charge in [0.15, 0.2) is 0 Å². The van der Waals surface area contributed by atoms with Crippen LogP contribution in [0.3, 0.4) is 0 Å². The number of fused-ring (bicyclic) bond motifs is 3. The predicted octanol–water partition coefficient (Wildman–Crippen LogP) is 4.43. The zero-order valence-electron chi connectivity index (χ0n) is 14.9. The molecule has 4 heteroatoms. The van der Waals surface area contributed by atoms with Crippen LogP contribution in [-0.4, -0.2) is 27.3 Å². The molecule has 0 aliphatic carbocycles. The molecule has 0 bridgehead atoms. The summed E-state index contributed by atoms with van der Waals surface area (Å²) in [5.74, 6) is 0.0741. The maximum absolute atomic E-state index is 13.1. The van der Waals surface area contributed by atoms with Crippen LogP contribution in [0.5, 0.6) is 0 Å². The molecule has 27 heavy (non-hydrogen) atoms. The van der Waals surface area contributed by atoms with E-state index >= 15 is 0 Å². The molecule has 5 rings (SSSR count). The fourth-order valence-corrected chi connectivity index (χ4v) is 3.91. The van der Waals surface area contributed by atoms with E-state index in [1.165, 1.54) is 10.9 Å². The van der Waals surface area contributed by atoms with E-state index in [-0.39, 0.29) is 5.91 Å². The average Bonchev–Trinajstić information content (AvgIpc) is 3.12. The van der Waals surface area contributed by atoms with E-state index in [4.69, 9.17) is 0 Å². The lowest BCUT2D eigenvalue weighted by molar-refractivity contribution is 0.0733. The van der Waals surface area contributed by atoms with Crippen LogP contribution in [-0.2, 0) is 13.0 Å². The first kappa shape index (κ1) is 15.8. The average molecular weight is 353 g/mol. The van der Waals surface area contributed by atoms with Gasteiger partial charge in [0.05, 0.1) is 6.54 Å². The van der Waals surface area contributed by atoms with Gasteiger partial charge in [0.2, 0.25) is 0 Å². The maximum Gasteiger partial charge on any atom is 0.254 e. The first-order valence-electron chi connectivity index (χ1n) is 9.18. The van der Waals surface area contributed by atoms with Crippen LogP contribution in [0.25, 0.3) is 22.0 Å². The van der Waals surface area contributed by atoms with Gasteiger partial charge in [0.1, 0.15) is 0 Å². The molecule has 4 aromatic rings. The van der Waals surface area contributed by atoms with E-state index in [9.17, 15) is 4.79 Å². The van der Waals surface area contributed by atoms with Gasteiger partial charge in [-0.1, -0.05) is 36.4 Å². The molecule has 1 aliphatic heterocycles. The highest BCUT2D eigenvalue weighted by Crippen LogP contribution is 2.28. The number of nitrogens with zero attached hydrogens (tertiary/aromatic N) is 2. The van der Waals surface area contributed by atoms with Crippen molar-refractivity contribution >= 4 is 16.8 Å². The normalized spacial score (nSPS) is 13.6. The second kappa shape index (κ2) is 6.40. The molecule has 0 saturated carbocycles. The number of amides is 1. The van der Waals surface area contributed by atoms with E-state index in [2.05, 4.69) is 28.2 Å². The van der Waals surface area contributed by atoms with E-state index in [0.717, 1.165) is 40.9 Å². The molecule has 4 nitrogen and oxygen atoms in total. The third kappa shape index (κ3) is 2.79. The summed E-state index contributed by atoms with van der Waals surface area (Å²) in [6.45, 7) is 1.37. The third-order valence-corrected chi connectivity index (χ3v) is 5.27. The number of benzene rings is 2. The summed E-state index contributed by atoms with van der Waals surface area (Å²) in [5.41, 5.74) is 6.39. The summed E-state index contributed by atoms with van der Waals surface area (Å²) in [5, 5.41) is 1.28. The Morgan fingerprint density at radius 2 is 1.89 bits per heavy atom. The Morgan fingerprint density at radius 1 is 1.00 bits per heavy atom. The summed E-state index contributed by atoms with van der Waals surface area (Å²) in [7, 11) is 0. The molecule has 2 aromatic carbocycles. The smallest absolute Gasteiger partial charge is 0.254 e. The third-order valence-electron chi connectivity index (χ3n) is 5.27. The summed E-state index contributed by atoms with van der Waals surface area (Å²) < 4.78 is 0. The molecule has 0 saturated heterocycles. The Bertz CT molecular complexity index is 1130. The Labute approximate surface area is 157 Å². The number of pyridine rings is 1. The van der Waals surface area contributed by atoms with Crippen molar-refractivity contribution in [2.75, 3.05) is 6.54 Å². The Morgan fingerprint density at radius 3 is 2.78 bits per heavy atom. The van der Waals surface area contributed by atoms with Gasteiger partial charge in [-0.05, 0) is 41.8 Å². The maximum atomic E-state index is 13.1. The van der Waals surface area contributed by atoms with Crippen molar-refractivity contribution in [3.63, 3.8) is 0 Å².